The predicted octanol–water partition coefficient (Wildman–Crippen LogP) is 5.09. The van der Waals surface area contributed by atoms with E-state index in [1.54, 1.807) is 0 Å². The molecule has 0 aliphatic rings. The average Bonchev–Trinajstić information content (AvgIpc) is 2.39. The Balaban J connectivity index is 2.98. The van der Waals surface area contributed by atoms with Crippen LogP contribution in [0, 0.1) is 0 Å². The molecule has 0 spiro atoms. The number of nitrogens with zero attached hydrogens (tertiary/aromatic N) is 2. The van der Waals surface area contributed by atoms with Crippen molar-refractivity contribution in [3.8, 4) is 0 Å². The summed E-state index contributed by atoms with van der Waals surface area (Å²) in [6.07, 6.45) is 13.0. The standard InChI is InChI=1S/C14H24N2S2/c17-13-15-11-9-7-5-3-1-2-4-6-8-10-12-16-14-18/h1-12H2. The second-order valence-corrected chi connectivity index (χ2v) is 4.85. The third-order valence-corrected chi connectivity index (χ3v) is 3.18. The molecule has 0 saturated heterocycles. The summed E-state index contributed by atoms with van der Waals surface area (Å²) in [6, 6.07) is 0. The fourth-order valence-corrected chi connectivity index (χ4v) is 2.07. The topological polar surface area (TPSA) is 24.7 Å². The fourth-order valence-electron chi connectivity index (χ4n) is 1.89. The van der Waals surface area contributed by atoms with Crippen LogP contribution in [0.25, 0.3) is 0 Å². The van der Waals surface area contributed by atoms with Crippen LogP contribution in [0.15, 0.2) is 9.98 Å². The van der Waals surface area contributed by atoms with Gasteiger partial charge in [-0.3, -0.25) is 0 Å². The second kappa shape index (κ2) is 16.6. The first-order chi connectivity index (χ1) is 8.91. The Kier molecular flexibility index (Phi) is 16.2. The molecule has 0 N–H and O–H groups in total. The maximum atomic E-state index is 4.51. The molecule has 0 aromatic rings. The quantitative estimate of drug-likeness (QED) is 0.267. The van der Waals surface area contributed by atoms with Crippen molar-refractivity contribution in [3.05, 3.63) is 0 Å². The highest BCUT2D eigenvalue weighted by Gasteiger charge is 1.92. The van der Waals surface area contributed by atoms with Gasteiger partial charge >= 0.3 is 0 Å². The van der Waals surface area contributed by atoms with Gasteiger partial charge < -0.3 is 0 Å². The molecule has 0 aliphatic carbocycles. The molecule has 0 aliphatic heterocycles. The van der Waals surface area contributed by atoms with Gasteiger partial charge in [0.15, 0.2) is 0 Å². The lowest BCUT2D eigenvalue weighted by molar-refractivity contribution is 0.555. The van der Waals surface area contributed by atoms with Crippen LogP contribution < -0.4 is 0 Å². The summed E-state index contributed by atoms with van der Waals surface area (Å²) in [5.41, 5.74) is 0. The number of hydrogen-bond donors (Lipinski definition) is 0. The van der Waals surface area contributed by atoms with Crippen molar-refractivity contribution in [2.75, 3.05) is 13.1 Å². The van der Waals surface area contributed by atoms with Gasteiger partial charge in [-0.05, 0) is 37.3 Å². The first kappa shape index (κ1) is 17.6. The van der Waals surface area contributed by atoms with E-state index < -0.39 is 0 Å². The average molecular weight is 284 g/mol. The van der Waals surface area contributed by atoms with Crippen molar-refractivity contribution in [2.24, 2.45) is 9.98 Å². The molecule has 0 heterocycles. The van der Waals surface area contributed by atoms with Crippen LogP contribution in [-0.4, -0.2) is 23.4 Å². The van der Waals surface area contributed by atoms with E-state index in [2.05, 4.69) is 44.7 Å². The molecule has 0 radical (unpaired) electrons. The number of thiocarbonyl (C=S) groups is 2. The van der Waals surface area contributed by atoms with Crippen LogP contribution >= 0.6 is 24.4 Å². The highest BCUT2D eigenvalue weighted by molar-refractivity contribution is 7.78. The molecule has 102 valence electrons. The predicted molar refractivity (Wildman–Crippen MR) is 86.0 cm³/mol. The van der Waals surface area contributed by atoms with E-state index in [-0.39, 0.29) is 0 Å². The lowest BCUT2D eigenvalue weighted by Crippen LogP contribution is -1.85. The van der Waals surface area contributed by atoms with Crippen molar-refractivity contribution in [1.29, 1.82) is 0 Å². The molecule has 0 atom stereocenters. The van der Waals surface area contributed by atoms with E-state index in [4.69, 9.17) is 0 Å². The molecule has 4 heteroatoms. The van der Waals surface area contributed by atoms with E-state index in [1.165, 1.54) is 51.4 Å². The smallest absolute Gasteiger partial charge is 0.0584 e. The molecule has 0 unspecified atom stereocenters. The number of hydrogen-bond acceptors (Lipinski definition) is 4. The van der Waals surface area contributed by atoms with E-state index in [0.717, 1.165) is 25.9 Å². The molecule has 2 nitrogen and oxygen atoms in total. The van der Waals surface area contributed by atoms with E-state index in [9.17, 15) is 0 Å². The van der Waals surface area contributed by atoms with Crippen molar-refractivity contribution in [3.63, 3.8) is 0 Å². The van der Waals surface area contributed by atoms with Crippen LogP contribution in [0.4, 0.5) is 0 Å². The van der Waals surface area contributed by atoms with Crippen LogP contribution in [0.1, 0.15) is 64.2 Å². The zero-order valence-electron chi connectivity index (χ0n) is 11.2. The molecule has 0 amide bonds. The minimum atomic E-state index is 0.855. The molecular formula is C14H24N2S2. The van der Waals surface area contributed by atoms with Gasteiger partial charge in [0.1, 0.15) is 0 Å². The molecule has 0 fully saturated rings. The van der Waals surface area contributed by atoms with Gasteiger partial charge in [-0.15, -0.1) is 0 Å². The summed E-state index contributed by atoms with van der Waals surface area (Å²) in [5.74, 6) is 0. The monoisotopic (exact) mass is 284 g/mol. The fraction of sp³-hybridized carbons (Fsp3) is 0.857. The van der Waals surface area contributed by atoms with Crippen LogP contribution in [-0.2, 0) is 0 Å². The van der Waals surface area contributed by atoms with Crippen molar-refractivity contribution >= 4 is 34.8 Å². The minimum absolute atomic E-state index is 0.855. The Morgan fingerprint density at radius 1 is 0.500 bits per heavy atom. The van der Waals surface area contributed by atoms with Gasteiger partial charge in [0.25, 0.3) is 0 Å². The van der Waals surface area contributed by atoms with Gasteiger partial charge in [0.05, 0.1) is 10.3 Å². The van der Waals surface area contributed by atoms with Gasteiger partial charge in [0.2, 0.25) is 0 Å². The van der Waals surface area contributed by atoms with E-state index in [0.29, 0.717) is 0 Å². The number of rotatable bonds is 13. The van der Waals surface area contributed by atoms with E-state index in [1.807, 2.05) is 0 Å². The van der Waals surface area contributed by atoms with E-state index >= 15 is 0 Å². The van der Waals surface area contributed by atoms with Gasteiger partial charge in [-0.25, -0.2) is 9.98 Å². The highest BCUT2D eigenvalue weighted by atomic mass is 32.1. The maximum absolute atomic E-state index is 4.51. The Hall–Kier alpha value is -0.400. The van der Waals surface area contributed by atoms with Gasteiger partial charge in [-0.1, -0.05) is 51.4 Å². The zero-order chi connectivity index (χ0) is 13.3. The summed E-state index contributed by atoms with van der Waals surface area (Å²) in [6.45, 7) is 1.71. The van der Waals surface area contributed by atoms with Crippen molar-refractivity contribution < 1.29 is 0 Å². The second-order valence-electron chi connectivity index (χ2n) is 4.48. The first-order valence-corrected chi connectivity index (χ1v) is 7.80. The van der Waals surface area contributed by atoms with Gasteiger partial charge in [-0.2, -0.15) is 0 Å². The summed E-state index contributed by atoms with van der Waals surface area (Å²) in [5, 5.41) is 4.81. The maximum Gasteiger partial charge on any atom is 0.0584 e. The SMILES string of the molecule is S=C=NCCCCCCCCCCCCN=C=S. The highest BCUT2D eigenvalue weighted by Crippen LogP contribution is 2.10. The lowest BCUT2D eigenvalue weighted by atomic mass is 10.1. The minimum Gasteiger partial charge on any atom is -0.233 e. The Bertz CT molecular complexity index is 239. The molecule has 0 aromatic carbocycles. The van der Waals surface area contributed by atoms with Crippen molar-refractivity contribution in [2.45, 2.75) is 64.2 Å². The third kappa shape index (κ3) is 15.6. The zero-order valence-corrected chi connectivity index (χ0v) is 12.8. The molecule has 0 aromatic heterocycles. The molecular weight excluding hydrogens is 260 g/mol. The number of unbranched alkanes of at least 4 members (excludes halogenated alkanes) is 9. The normalized spacial score (nSPS) is 9.56. The summed E-state index contributed by atoms with van der Waals surface area (Å²) >= 11 is 9.03. The molecule has 0 saturated carbocycles. The van der Waals surface area contributed by atoms with Crippen molar-refractivity contribution in [1.82, 2.24) is 0 Å². The molecule has 0 bridgehead atoms. The number of isothiocyanates is 2. The molecule has 18 heavy (non-hydrogen) atoms. The van der Waals surface area contributed by atoms with Crippen LogP contribution in [0.2, 0.25) is 0 Å². The third-order valence-electron chi connectivity index (χ3n) is 2.92. The lowest BCUT2D eigenvalue weighted by Gasteiger charge is -2.01. The van der Waals surface area contributed by atoms with Crippen LogP contribution in [0.3, 0.4) is 0 Å². The molecule has 0 rings (SSSR count). The Morgan fingerprint density at radius 2 is 0.778 bits per heavy atom. The largest absolute Gasteiger partial charge is 0.233 e. The summed E-state index contributed by atoms with van der Waals surface area (Å²) < 4.78 is 0. The summed E-state index contributed by atoms with van der Waals surface area (Å²) in [4.78, 5) is 7.81. The summed E-state index contributed by atoms with van der Waals surface area (Å²) in [7, 11) is 0. The number of aliphatic imine (C=N–C) groups is 2. The first-order valence-electron chi connectivity index (χ1n) is 6.99. The Morgan fingerprint density at radius 3 is 1.06 bits per heavy atom. The van der Waals surface area contributed by atoms with Crippen LogP contribution in [0.5, 0.6) is 0 Å². The Labute approximate surface area is 122 Å². The van der Waals surface area contributed by atoms with Gasteiger partial charge in [0, 0.05) is 13.1 Å².